The van der Waals surface area contributed by atoms with E-state index in [4.69, 9.17) is 26.2 Å². The summed E-state index contributed by atoms with van der Waals surface area (Å²) < 4.78 is 24.3. The van der Waals surface area contributed by atoms with Gasteiger partial charge in [0.15, 0.2) is 16.7 Å². The van der Waals surface area contributed by atoms with Gasteiger partial charge in [-0.15, -0.1) is 0 Å². The maximum absolute atomic E-state index is 13.1. The van der Waals surface area contributed by atoms with E-state index < -0.39 is 5.97 Å². The summed E-state index contributed by atoms with van der Waals surface area (Å²) in [6, 6.07) is 15.2. The van der Waals surface area contributed by atoms with E-state index in [-0.39, 0.29) is 28.9 Å². The van der Waals surface area contributed by atoms with Crippen molar-refractivity contribution < 1.29 is 28.6 Å². The molecule has 0 atom stereocenters. The molecule has 0 unspecified atom stereocenters. The molecule has 0 saturated carbocycles. The molecule has 1 aliphatic rings. The summed E-state index contributed by atoms with van der Waals surface area (Å²) in [6.07, 6.45) is 1.65. The van der Waals surface area contributed by atoms with E-state index in [0.29, 0.717) is 32.8 Å². The molecule has 35 heavy (non-hydrogen) atoms. The van der Waals surface area contributed by atoms with Crippen LogP contribution in [-0.4, -0.2) is 29.3 Å². The van der Waals surface area contributed by atoms with Crippen LogP contribution in [0.4, 0.5) is 10.1 Å². The minimum absolute atomic E-state index is 0.151. The van der Waals surface area contributed by atoms with Crippen molar-refractivity contribution in [2.75, 3.05) is 7.11 Å². The monoisotopic (exact) mass is 512 g/mol. The summed E-state index contributed by atoms with van der Waals surface area (Å²) in [5, 5.41) is 12.3. The van der Waals surface area contributed by atoms with Gasteiger partial charge in [0.05, 0.1) is 28.3 Å². The van der Waals surface area contributed by atoms with Gasteiger partial charge in [-0.1, -0.05) is 23.7 Å². The first-order valence-electron chi connectivity index (χ1n) is 10.2. The van der Waals surface area contributed by atoms with Crippen molar-refractivity contribution in [3.05, 3.63) is 93.1 Å². The van der Waals surface area contributed by atoms with Crippen molar-refractivity contribution in [2.24, 2.45) is 4.99 Å². The number of hydrogen-bond acceptors (Lipinski definition) is 6. The van der Waals surface area contributed by atoms with E-state index in [1.807, 2.05) is 0 Å². The van der Waals surface area contributed by atoms with Crippen LogP contribution in [0, 0.1) is 5.82 Å². The first-order valence-corrected chi connectivity index (χ1v) is 11.4. The van der Waals surface area contributed by atoms with Gasteiger partial charge in [-0.3, -0.25) is 4.79 Å². The molecule has 10 heteroatoms. The van der Waals surface area contributed by atoms with Crippen LogP contribution in [-0.2, 0) is 11.4 Å². The number of thioether (sulfide) groups is 1. The number of carboxylic acid groups (broad SMARTS) is 1. The second-order valence-electron chi connectivity index (χ2n) is 7.28. The second-order valence-corrected chi connectivity index (χ2v) is 8.72. The molecule has 178 valence electrons. The fraction of sp³-hybridized carbons (Fsp3) is 0.0800. The van der Waals surface area contributed by atoms with Crippen molar-refractivity contribution in [1.29, 1.82) is 0 Å². The molecule has 2 N–H and O–H groups in total. The molecule has 0 bridgehead atoms. The number of ether oxygens (including phenoxy) is 2. The molecule has 4 rings (SSSR count). The number of aromatic carboxylic acids is 1. The molecule has 1 saturated heterocycles. The van der Waals surface area contributed by atoms with E-state index in [9.17, 15) is 14.0 Å². The predicted octanol–water partition coefficient (Wildman–Crippen LogP) is 5.66. The molecule has 3 aromatic carbocycles. The summed E-state index contributed by atoms with van der Waals surface area (Å²) >= 11 is 7.59. The van der Waals surface area contributed by atoms with Crippen LogP contribution in [0.1, 0.15) is 21.5 Å². The van der Waals surface area contributed by atoms with Gasteiger partial charge in [0, 0.05) is 0 Å². The van der Waals surface area contributed by atoms with Crippen molar-refractivity contribution in [1.82, 2.24) is 5.32 Å². The van der Waals surface area contributed by atoms with Gasteiger partial charge in [0.2, 0.25) is 0 Å². The zero-order valence-corrected chi connectivity index (χ0v) is 19.8. The number of methoxy groups -OCH3 is 1. The molecule has 7 nitrogen and oxygen atoms in total. The van der Waals surface area contributed by atoms with Gasteiger partial charge in [0.25, 0.3) is 5.91 Å². The summed E-state index contributed by atoms with van der Waals surface area (Å²) in [7, 11) is 1.47. The van der Waals surface area contributed by atoms with E-state index >= 15 is 0 Å². The third-order valence-corrected chi connectivity index (χ3v) is 6.03. The molecule has 0 aliphatic carbocycles. The molecular formula is C25H18ClFN2O5S. The molecule has 1 fully saturated rings. The molecule has 0 radical (unpaired) electrons. The maximum atomic E-state index is 13.1. The van der Waals surface area contributed by atoms with Gasteiger partial charge < -0.3 is 19.9 Å². The summed E-state index contributed by atoms with van der Waals surface area (Å²) in [4.78, 5) is 28.1. The maximum Gasteiger partial charge on any atom is 0.335 e. The Bertz CT molecular complexity index is 1340. The third kappa shape index (κ3) is 6.00. The number of nitrogens with zero attached hydrogens (tertiary/aromatic N) is 1. The van der Waals surface area contributed by atoms with Gasteiger partial charge in [0.1, 0.15) is 12.4 Å². The van der Waals surface area contributed by atoms with Crippen LogP contribution in [0.5, 0.6) is 11.5 Å². The average Bonchev–Trinajstić information content (AvgIpc) is 3.18. The van der Waals surface area contributed by atoms with Gasteiger partial charge >= 0.3 is 5.97 Å². The van der Waals surface area contributed by atoms with Crippen LogP contribution in [0.25, 0.3) is 6.08 Å². The number of halogens is 2. The first kappa shape index (κ1) is 24.3. The van der Waals surface area contributed by atoms with Gasteiger partial charge in [-0.05, 0) is 77.5 Å². The van der Waals surface area contributed by atoms with Crippen molar-refractivity contribution in [3.8, 4) is 11.5 Å². The number of carbonyl (C=O) groups excluding carboxylic acids is 1. The zero-order chi connectivity index (χ0) is 24.9. The number of carbonyl (C=O) groups is 2. The standard InChI is InChI=1S/C25H18ClFN2O5S/c1-33-20-11-15(10-19(26)22(20)34-13-14-2-4-16(5-3-14)24(31)32)12-21-23(30)29-25(35-21)28-18-8-6-17(27)7-9-18/h2-12H,13H2,1H3,(H,31,32)(H,28,29,30)/b21-12+. The molecular weight excluding hydrogens is 495 g/mol. The van der Waals surface area contributed by atoms with Crippen LogP contribution < -0.4 is 14.8 Å². The number of carboxylic acids is 1. The van der Waals surface area contributed by atoms with E-state index in [1.54, 1.807) is 30.3 Å². The topological polar surface area (TPSA) is 97.2 Å². The second kappa shape index (κ2) is 10.6. The van der Waals surface area contributed by atoms with E-state index in [1.165, 1.54) is 43.5 Å². The molecule has 3 aromatic rings. The van der Waals surface area contributed by atoms with E-state index in [2.05, 4.69) is 10.3 Å². The summed E-state index contributed by atoms with van der Waals surface area (Å²) in [5.41, 5.74) is 2.07. The number of nitrogens with one attached hydrogen (secondary N) is 1. The predicted molar refractivity (Wildman–Crippen MR) is 133 cm³/mol. The molecule has 1 amide bonds. The minimum atomic E-state index is -1.00. The fourth-order valence-corrected chi connectivity index (χ4v) is 4.24. The van der Waals surface area contributed by atoms with Crippen LogP contribution in [0.2, 0.25) is 5.02 Å². The quantitative estimate of drug-likeness (QED) is 0.397. The van der Waals surface area contributed by atoms with Crippen LogP contribution >= 0.6 is 23.4 Å². The van der Waals surface area contributed by atoms with Gasteiger partial charge in [-0.2, -0.15) is 0 Å². The Kier molecular flexibility index (Phi) is 7.38. The zero-order valence-electron chi connectivity index (χ0n) is 18.2. The third-order valence-electron chi connectivity index (χ3n) is 4.84. The lowest BCUT2D eigenvalue weighted by molar-refractivity contribution is -0.115. The Morgan fingerprint density at radius 2 is 1.89 bits per heavy atom. The number of amidine groups is 1. The number of hydrogen-bond donors (Lipinski definition) is 2. The fourth-order valence-electron chi connectivity index (χ4n) is 3.13. The SMILES string of the molecule is COc1cc(/C=C2/SC(=Nc3ccc(F)cc3)NC2=O)cc(Cl)c1OCc1ccc(C(=O)O)cc1. The van der Waals surface area contributed by atoms with E-state index in [0.717, 1.165) is 17.3 Å². The molecule has 0 spiro atoms. The molecule has 0 aromatic heterocycles. The lowest BCUT2D eigenvalue weighted by Gasteiger charge is -2.13. The summed E-state index contributed by atoms with van der Waals surface area (Å²) in [6.45, 7) is 0.151. The normalized spacial score (nSPS) is 15.3. The highest BCUT2D eigenvalue weighted by Crippen LogP contribution is 2.38. The Balaban J connectivity index is 1.50. The smallest absolute Gasteiger partial charge is 0.335 e. The lowest BCUT2D eigenvalue weighted by Crippen LogP contribution is -2.19. The Hall–Kier alpha value is -3.82. The minimum Gasteiger partial charge on any atom is -0.493 e. The Labute approximate surface area is 209 Å². The number of amides is 1. The number of rotatable bonds is 7. The Morgan fingerprint density at radius 3 is 2.54 bits per heavy atom. The van der Waals surface area contributed by atoms with Crippen molar-refractivity contribution >= 4 is 52.2 Å². The number of benzene rings is 3. The van der Waals surface area contributed by atoms with Crippen molar-refractivity contribution in [2.45, 2.75) is 6.61 Å². The lowest BCUT2D eigenvalue weighted by atomic mass is 10.1. The van der Waals surface area contributed by atoms with Crippen LogP contribution in [0.3, 0.4) is 0 Å². The average molecular weight is 513 g/mol. The highest BCUT2D eigenvalue weighted by Gasteiger charge is 2.24. The highest BCUT2D eigenvalue weighted by atomic mass is 35.5. The van der Waals surface area contributed by atoms with Crippen molar-refractivity contribution in [3.63, 3.8) is 0 Å². The number of aliphatic imine (C=N–C) groups is 1. The van der Waals surface area contributed by atoms with Gasteiger partial charge in [-0.25, -0.2) is 14.2 Å². The Morgan fingerprint density at radius 1 is 1.17 bits per heavy atom. The largest absolute Gasteiger partial charge is 0.493 e. The molecule has 1 aliphatic heterocycles. The highest BCUT2D eigenvalue weighted by molar-refractivity contribution is 8.18. The molecule has 1 heterocycles. The summed E-state index contributed by atoms with van der Waals surface area (Å²) in [5.74, 6) is -1.01. The van der Waals surface area contributed by atoms with Crippen LogP contribution in [0.15, 0.2) is 70.6 Å². The first-order chi connectivity index (χ1) is 16.8.